The lowest BCUT2D eigenvalue weighted by Crippen LogP contribution is -2.53. The predicted molar refractivity (Wildman–Crippen MR) is 148 cm³/mol. The van der Waals surface area contributed by atoms with Crippen LogP contribution in [-0.2, 0) is 29.0 Å². The van der Waals surface area contributed by atoms with Crippen LogP contribution in [0.3, 0.4) is 0 Å². The van der Waals surface area contributed by atoms with E-state index in [0.717, 1.165) is 43.2 Å². The van der Waals surface area contributed by atoms with E-state index in [1.165, 1.54) is 5.56 Å². The third-order valence-corrected chi connectivity index (χ3v) is 7.14. The number of rotatable bonds is 11. The molecule has 0 saturated heterocycles. The van der Waals surface area contributed by atoms with Crippen LogP contribution in [0.2, 0.25) is 5.02 Å². The van der Waals surface area contributed by atoms with Crippen molar-refractivity contribution in [3.8, 4) is 5.75 Å². The summed E-state index contributed by atoms with van der Waals surface area (Å²) in [5, 5.41) is 3.81. The molecule has 1 saturated carbocycles. The molecule has 194 valence electrons. The molecule has 1 fully saturated rings. The Morgan fingerprint density at radius 1 is 0.946 bits per heavy atom. The Morgan fingerprint density at radius 3 is 2.32 bits per heavy atom. The summed E-state index contributed by atoms with van der Waals surface area (Å²) in [5.74, 6) is 0.253. The average molecular weight is 519 g/mol. The summed E-state index contributed by atoms with van der Waals surface area (Å²) in [7, 11) is 0. The topological polar surface area (TPSA) is 58.6 Å². The van der Waals surface area contributed by atoms with E-state index >= 15 is 0 Å². The third-order valence-electron chi connectivity index (χ3n) is 6.91. The molecular formula is C31H35ClN2O3. The fraction of sp³-hybridized carbons (Fsp3) is 0.355. The van der Waals surface area contributed by atoms with E-state index in [9.17, 15) is 9.59 Å². The highest BCUT2D eigenvalue weighted by atomic mass is 35.5. The van der Waals surface area contributed by atoms with E-state index in [1.54, 1.807) is 11.0 Å². The molecule has 0 spiro atoms. The summed E-state index contributed by atoms with van der Waals surface area (Å²) in [6.07, 6.45) is 5.53. The highest BCUT2D eigenvalue weighted by Crippen LogP contribution is 2.21. The number of carbonyl (C=O) groups excluding carboxylic acids is 2. The molecule has 37 heavy (non-hydrogen) atoms. The zero-order valence-corrected chi connectivity index (χ0v) is 22.1. The van der Waals surface area contributed by atoms with Gasteiger partial charge < -0.3 is 15.0 Å². The van der Waals surface area contributed by atoms with Crippen LogP contribution in [0.4, 0.5) is 0 Å². The van der Waals surface area contributed by atoms with E-state index in [-0.39, 0.29) is 31.0 Å². The van der Waals surface area contributed by atoms with Crippen LogP contribution in [0.25, 0.3) is 0 Å². The van der Waals surface area contributed by atoms with Crippen molar-refractivity contribution < 1.29 is 14.3 Å². The summed E-state index contributed by atoms with van der Waals surface area (Å²) < 4.78 is 5.87. The van der Waals surface area contributed by atoms with E-state index < -0.39 is 6.04 Å². The van der Waals surface area contributed by atoms with E-state index in [0.29, 0.717) is 17.2 Å². The average Bonchev–Trinajstić information content (AvgIpc) is 3.43. The highest BCUT2D eigenvalue weighted by molar-refractivity contribution is 6.30. The van der Waals surface area contributed by atoms with Gasteiger partial charge in [-0.15, -0.1) is 0 Å². The standard InChI is InChI=1S/C31H35ClN2O3/c1-2-23-15-17-28(18-16-23)37-22-30(35)34(21-25-11-8-12-26(32)19-25)29(20-24-9-4-3-5-10-24)31(36)33-27-13-6-7-14-27/h3-5,8-12,15-19,27,29H,2,6-7,13-14,20-22H2,1H3,(H,33,36). The third kappa shape index (κ3) is 7.83. The molecule has 1 atom stereocenters. The second-order valence-corrected chi connectivity index (χ2v) is 10.1. The number of amides is 2. The predicted octanol–water partition coefficient (Wildman–Crippen LogP) is 5.98. The van der Waals surface area contributed by atoms with Crippen LogP contribution in [0, 0.1) is 0 Å². The Hall–Kier alpha value is -3.31. The van der Waals surface area contributed by atoms with Gasteiger partial charge in [-0.05, 0) is 60.2 Å². The maximum atomic E-state index is 13.7. The van der Waals surface area contributed by atoms with Gasteiger partial charge in [0.1, 0.15) is 11.8 Å². The van der Waals surface area contributed by atoms with Gasteiger partial charge in [-0.1, -0.05) is 86.0 Å². The summed E-state index contributed by atoms with van der Waals surface area (Å²) in [6.45, 7) is 2.19. The van der Waals surface area contributed by atoms with E-state index in [4.69, 9.17) is 16.3 Å². The zero-order chi connectivity index (χ0) is 26.0. The minimum atomic E-state index is -0.680. The second kappa shape index (κ2) is 13.3. The lowest BCUT2D eigenvalue weighted by Gasteiger charge is -2.32. The molecule has 2 amide bonds. The number of hydrogen-bond acceptors (Lipinski definition) is 3. The van der Waals surface area contributed by atoms with Crippen molar-refractivity contribution in [2.45, 2.75) is 64.1 Å². The summed E-state index contributed by atoms with van der Waals surface area (Å²) in [6, 6.07) is 24.5. The molecule has 1 N–H and O–H groups in total. The van der Waals surface area contributed by atoms with Crippen molar-refractivity contribution in [1.29, 1.82) is 0 Å². The Kier molecular flexibility index (Phi) is 9.61. The molecule has 3 aromatic rings. The van der Waals surface area contributed by atoms with Crippen molar-refractivity contribution in [1.82, 2.24) is 10.2 Å². The van der Waals surface area contributed by atoms with Crippen LogP contribution in [0.1, 0.15) is 49.3 Å². The number of carbonyl (C=O) groups is 2. The molecule has 0 aromatic heterocycles. The lowest BCUT2D eigenvalue weighted by atomic mass is 10.0. The van der Waals surface area contributed by atoms with Gasteiger partial charge in [0.2, 0.25) is 5.91 Å². The first-order valence-corrected chi connectivity index (χ1v) is 13.5. The van der Waals surface area contributed by atoms with Gasteiger partial charge in [0.05, 0.1) is 0 Å². The summed E-state index contributed by atoms with van der Waals surface area (Å²) >= 11 is 6.25. The number of halogens is 1. The molecule has 1 aliphatic carbocycles. The molecule has 0 radical (unpaired) electrons. The first kappa shape index (κ1) is 26.7. The number of nitrogens with one attached hydrogen (secondary N) is 1. The molecule has 6 heteroatoms. The number of hydrogen-bond donors (Lipinski definition) is 1. The molecule has 0 bridgehead atoms. The van der Waals surface area contributed by atoms with Gasteiger partial charge in [-0.25, -0.2) is 0 Å². The molecular weight excluding hydrogens is 484 g/mol. The van der Waals surface area contributed by atoms with Crippen molar-refractivity contribution in [2.75, 3.05) is 6.61 Å². The number of benzene rings is 3. The SMILES string of the molecule is CCc1ccc(OCC(=O)N(Cc2cccc(Cl)c2)C(Cc2ccccc2)C(=O)NC2CCCC2)cc1. The van der Waals surface area contributed by atoms with Crippen LogP contribution >= 0.6 is 11.6 Å². The highest BCUT2D eigenvalue weighted by Gasteiger charge is 2.32. The van der Waals surface area contributed by atoms with Crippen LogP contribution in [0.5, 0.6) is 5.75 Å². The van der Waals surface area contributed by atoms with Gasteiger partial charge in [0.25, 0.3) is 5.91 Å². The van der Waals surface area contributed by atoms with Gasteiger partial charge in [0.15, 0.2) is 6.61 Å². The Labute approximate surface area is 224 Å². The molecule has 3 aromatic carbocycles. The molecule has 0 aliphatic heterocycles. The maximum Gasteiger partial charge on any atom is 0.261 e. The van der Waals surface area contributed by atoms with Gasteiger partial charge >= 0.3 is 0 Å². The first-order chi connectivity index (χ1) is 18.0. The fourth-order valence-electron chi connectivity index (χ4n) is 4.80. The van der Waals surface area contributed by atoms with Gasteiger partial charge in [-0.3, -0.25) is 9.59 Å². The molecule has 1 unspecified atom stereocenters. The molecule has 4 rings (SSSR count). The lowest BCUT2D eigenvalue weighted by molar-refractivity contribution is -0.143. The Morgan fingerprint density at radius 2 is 1.65 bits per heavy atom. The summed E-state index contributed by atoms with van der Waals surface area (Å²) in [4.78, 5) is 29.0. The van der Waals surface area contributed by atoms with Crippen molar-refractivity contribution in [2.24, 2.45) is 0 Å². The minimum Gasteiger partial charge on any atom is -0.484 e. The molecule has 0 heterocycles. The Balaban J connectivity index is 1.59. The fourth-order valence-corrected chi connectivity index (χ4v) is 5.02. The van der Waals surface area contributed by atoms with Crippen LogP contribution < -0.4 is 10.1 Å². The normalized spacial score (nSPS) is 14.2. The number of nitrogens with zero attached hydrogens (tertiary/aromatic N) is 1. The second-order valence-electron chi connectivity index (χ2n) is 9.63. The largest absolute Gasteiger partial charge is 0.484 e. The van der Waals surface area contributed by atoms with Crippen molar-refractivity contribution in [3.63, 3.8) is 0 Å². The van der Waals surface area contributed by atoms with Crippen LogP contribution in [-0.4, -0.2) is 35.4 Å². The zero-order valence-electron chi connectivity index (χ0n) is 21.4. The van der Waals surface area contributed by atoms with Crippen molar-refractivity contribution in [3.05, 3.63) is 101 Å². The quantitative estimate of drug-likeness (QED) is 0.339. The minimum absolute atomic E-state index is 0.126. The van der Waals surface area contributed by atoms with Gasteiger partial charge in [-0.2, -0.15) is 0 Å². The van der Waals surface area contributed by atoms with Crippen LogP contribution in [0.15, 0.2) is 78.9 Å². The monoisotopic (exact) mass is 518 g/mol. The number of aryl methyl sites for hydroxylation is 1. The van der Waals surface area contributed by atoms with Crippen molar-refractivity contribution >= 4 is 23.4 Å². The van der Waals surface area contributed by atoms with E-state index in [2.05, 4.69) is 12.2 Å². The maximum absolute atomic E-state index is 13.7. The molecule has 5 nitrogen and oxygen atoms in total. The summed E-state index contributed by atoms with van der Waals surface area (Å²) in [5.41, 5.74) is 3.06. The Bertz CT molecular complexity index is 1160. The molecule has 1 aliphatic rings. The number of ether oxygens (including phenoxy) is 1. The van der Waals surface area contributed by atoms with Gasteiger partial charge in [0, 0.05) is 24.0 Å². The van der Waals surface area contributed by atoms with E-state index in [1.807, 2.05) is 72.8 Å². The smallest absolute Gasteiger partial charge is 0.261 e. The first-order valence-electron chi connectivity index (χ1n) is 13.1.